The predicted octanol–water partition coefficient (Wildman–Crippen LogP) is 1.46. The lowest BCUT2D eigenvalue weighted by atomic mass is 10.0. The first-order valence-corrected chi connectivity index (χ1v) is 7.51. The Bertz CT molecular complexity index is 529. The van der Waals surface area contributed by atoms with Crippen LogP contribution in [0.5, 0.6) is 11.5 Å². The van der Waals surface area contributed by atoms with Crippen molar-refractivity contribution in [1.29, 1.82) is 0 Å². The van der Waals surface area contributed by atoms with Gasteiger partial charge >= 0.3 is 6.03 Å². The highest BCUT2D eigenvalue weighted by atomic mass is 16.5. The molecule has 1 atom stereocenters. The predicted molar refractivity (Wildman–Crippen MR) is 83.4 cm³/mol. The number of carbonyl (C=O) groups is 1. The average Bonchev–Trinajstić information content (AvgIpc) is 2.76. The zero-order valence-corrected chi connectivity index (χ0v) is 13.3. The third kappa shape index (κ3) is 4.53. The first-order valence-electron chi connectivity index (χ1n) is 7.51. The average molecular weight is 308 g/mol. The molecule has 0 saturated carbocycles. The van der Waals surface area contributed by atoms with E-state index < -0.39 is 6.10 Å². The molecular weight excluding hydrogens is 284 g/mol. The van der Waals surface area contributed by atoms with Crippen LogP contribution >= 0.6 is 0 Å². The van der Waals surface area contributed by atoms with E-state index in [-0.39, 0.29) is 18.2 Å². The van der Waals surface area contributed by atoms with Crippen molar-refractivity contribution in [3.8, 4) is 11.5 Å². The van der Waals surface area contributed by atoms with Crippen molar-refractivity contribution in [1.82, 2.24) is 10.6 Å². The van der Waals surface area contributed by atoms with Gasteiger partial charge in [-0.2, -0.15) is 0 Å². The number of urea groups is 1. The normalized spacial score (nSPS) is 16.4. The molecule has 0 radical (unpaired) electrons. The molecule has 1 aromatic carbocycles. The number of nitrogens with one attached hydrogen (secondary N) is 2. The van der Waals surface area contributed by atoms with Crippen LogP contribution in [0.3, 0.4) is 0 Å². The van der Waals surface area contributed by atoms with Crippen molar-refractivity contribution in [3.05, 3.63) is 23.8 Å². The maximum Gasteiger partial charge on any atom is 0.314 e. The number of hydrogen-bond donors (Lipinski definition) is 3. The summed E-state index contributed by atoms with van der Waals surface area (Å²) in [6, 6.07) is 5.54. The molecule has 0 saturated heterocycles. The second kappa shape index (κ2) is 6.87. The largest absolute Gasteiger partial charge is 0.488 e. The summed E-state index contributed by atoms with van der Waals surface area (Å²) in [6.45, 7) is 6.65. The molecule has 1 unspecified atom stereocenters. The summed E-state index contributed by atoms with van der Waals surface area (Å²) in [5, 5.41) is 14.3. The SMILES string of the molecule is CC(O)CNC(=O)NCCOc1cccc2c1OC(C)(C)C2. The summed E-state index contributed by atoms with van der Waals surface area (Å²) in [5.41, 5.74) is 0.936. The topological polar surface area (TPSA) is 79.8 Å². The van der Waals surface area contributed by atoms with Gasteiger partial charge in [-0.3, -0.25) is 0 Å². The number of amides is 2. The fourth-order valence-corrected chi connectivity index (χ4v) is 2.33. The van der Waals surface area contributed by atoms with E-state index in [2.05, 4.69) is 10.6 Å². The van der Waals surface area contributed by atoms with Gasteiger partial charge in [-0.05, 0) is 26.8 Å². The van der Waals surface area contributed by atoms with E-state index in [0.717, 1.165) is 17.7 Å². The maximum absolute atomic E-state index is 11.4. The van der Waals surface area contributed by atoms with E-state index in [4.69, 9.17) is 14.6 Å². The number of aliphatic hydroxyl groups is 1. The number of rotatable bonds is 6. The minimum Gasteiger partial charge on any atom is -0.488 e. The number of carbonyl (C=O) groups excluding carboxylic acids is 1. The van der Waals surface area contributed by atoms with E-state index in [0.29, 0.717) is 18.9 Å². The first kappa shape index (κ1) is 16.4. The summed E-state index contributed by atoms with van der Waals surface area (Å²) in [5.74, 6) is 1.50. The van der Waals surface area contributed by atoms with Crippen molar-refractivity contribution in [2.24, 2.45) is 0 Å². The van der Waals surface area contributed by atoms with Gasteiger partial charge in [0.15, 0.2) is 11.5 Å². The van der Waals surface area contributed by atoms with E-state index in [1.165, 1.54) is 0 Å². The molecule has 0 spiro atoms. The van der Waals surface area contributed by atoms with Crippen LogP contribution in [-0.4, -0.2) is 42.5 Å². The number of para-hydroxylation sites is 1. The Morgan fingerprint density at radius 1 is 1.45 bits per heavy atom. The van der Waals surface area contributed by atoms with E-state index >= 15 is 0 Å². The molecule has 6 heteroatoms. The molecule has 1 aliphatic rings. The van der Waals surface area contributed by atoms with Crippen molar-refractivity contribution in [3.63, 3.8) is 0 Å². The molecule has 1 aromatic rings. The number of hydrogen-bond acceptors (Lipinski definition) is 4. The minimum absolute atomic E-state index is 0.207. The van der Waals surface area contributed by atoms with Crippen LogP contribution in [-0.2, 0) is 6.42 Å². The maximum atomic E-state index is 11.4. The Morgan fingerprint density at radius 2 is 2.23 bits per heavy atom. The summed E-state index contributed by atoms with van der Waals surface area (Å²) in [4.78, 5) is 11.4. The Hall–Kier alpha value is -1.95. The van der Waals surface area contributed by atoms with E-state index in [1.807, 2.05) is 32.0 Å². The van der Waals surface area contributed by atoms with Crippen molar-refractivity contribution < 1.29 is 19.4 Å². The molecule has 22 heavy (non-hydrogen) atoms. The zero-order valence-electron chi connectivity index (χ0n) is 13.3. The molecule has 0 fully saturated rings. The van der Waals surface area contributed by atoms with Gasteiger partial charge in [0.05, 0.1) is 12.6 Å². The summed E-state index contributed by atoms with van der Waals surface area (Å²) in [6.07, 6.45) is 0.300. The van der Waals surface area contributed by atoms with Gasteiger partial charge < -0.3 is 25.2 Å². The molecular formula is C16H24N2O4. The molecule has 3 N–H and O–H groups in total. The summed E-state index contributed by atoms with van der Waals surface area (Å²) in [7, 11) is 0. The van der Waals surface area contributed by atoms with Crippen LogP contribution in [0.1, 0.15) is 26.3 Å². The third-order valence-corrected chi connectivity index (χ3v) is 3.26. The van der Waals surface area contributed by atoms with Crippen molar-refractivity contribution in [2.75, 3.05) is 19.7 Å². The van der Waals surface area contributed by atoms with Crippen LogP contribution in [0.25, 0.3) is 0 Å². The molecule has 6 nitrogen and oxygen atoms in total. The lowest BCUT2D eigenvalue weighted by Crippen LogP contribution is -2.40. The lowest BCUT2D eigenvalue weighted by molar-refractivity contribution is 0.132. The molecule has 2 amide bonds. The fourth-order valence-electron chi connectivity index (χ4n) is 2.33. The molecule has 0 aromatic heterocycles. The van der Waals surface area contributed by atoms with Gasteiger partial charge in [-0.15, -0.1) is 0 Å². The highest BCUT2D eigenvalue weighted by molar-refractivity contribution is 5.73. The molecule has 1 aliphatic heterocycles. The van der Waals surface area contributed by atoms with Crippen LogP contribution in [0, 0.1) is 0 Å². The van der Waals surface area contributed by atoms with Gasteiger partial charge in [0.2, 0.25) is 0 Å². The summed E-state index contributed by atoms with van der Waals surface area (Å²) >= 11 is 0. The fraction of sp³-hybridized carbons (Fsp3) is 0.562. The highest BCUT2D eigenvalue weighted by Crippen LogP contribution is 2.41. The molecule has 1 heterocycles. The quantitative estimate of drug-likeness (QED) is 0.695. The van der Waals surface area contributed by atoms with Crippen LogP contribution < -0.4 is 20.1 Å². The number of benzene rings is 1. The lowest BCUT2D eigenvalue weighted by Gasteiger charge is -2.18. The third-order valence-electron chi connectivity index (χ3n) is 3.26. The Morgan fingerprint density at radius 3 is 2.95 bits per heavy atom. The van der Waals surface area contributed by atoms with E-state index in [9.17, 15) is 4.79 Å². The minimum atomic E-state index is -0.561. The van der Waals surface area contributed by atoms with Crippen molar-refractivity contribution >= 4 is 6.03 Å². The summed E-state index contributed by atoms with van der Waals surface area (Å²) < 4.78 is 11.6. The van der Waals surface area contributed by atoms with E-state index in [1.54, 1.807) is 6.92 Å². The highest BCUT2D eigenvalue weighted by Gasteiger charge is 2.32. The Labute approximate surface area is 130 Å². The van der Waals surface area contributed by atoms with Gasteiger partial charge in [0, 0.05) is 18.5 Å². The van der Waals surface area contributed by atoms with Gasteiger partial charge in [-0.1, -0.05) is 12.1 Å². The number of ether oxygens (including phenoxy) is 2. The van der Waals surface area contributed by atoms with Crippen molar-refractivity contribution in [2.45, 2.75) is 38.9 Å². The second-order valence-corrected chi connectivity index (χ2v) is 6.12. The van der Waals surface area contributed by atoms with Gasteiger partial charge in [0.1, 0.15) is 12.2 Å². The standard InChI is InChI=1S/C16H24N2O4/c1-11(19)10-18-15(20)17-7-8-21-13-6-4-5-12-9-16(2,3)22-14(12)13/h4-6,11,19H,7-10H2,1-3H3,(H2,17,18,20). The molecule has 0 aliphatic carbocycles. The first-order chi connectivity index (χ1) is 10.4. The second-order valence-electron chi connectivity index (χ2n) is 6.12. The van der Waals surface area contributed by atoms with Gasteiger partial charge in [0.25, 0.3) is 0 Å². The molecule has 0 bridgehead atoms. The number of aliphatic hydroxyl groups excluding tert-OH is 1. The monoisotopic (exact) mass is 308 g/mol. The smallest absolute Gasteiger partial charge is 0.314 e. The Balaban J connectivity index is 1.77. The van der Waals surface area contributed by atoms with Crippen LogP contribution in [0.15, 0.2) is 18.2 Å². The van der Waals surface area contributed by atoms with Crippen LogP contribution in [0.4, 0.5) is 4.79 Å². The molecule has 122 valence electrons. The zero-order chi connectivity index (χ0) is 16.2. The van der Waals surface area contributed by atoms with Gasteiger partial charge in [-0.25, -0.2) is 4.79 Å². The number of fused-ring (bicyclic) bond motifs is 1. The molecule has 2 rings (SSSR count). The van der Waals surface area contributed by atoms with Crippen LogP contribution in [0.2, 0.25) is 0 Å². The Kier molecular flexibility index (Phi) is 5.13.